The molecule has 2 rings (SSSR count). The van der Waals surface area contributed by atoms with E-state index in [2.05, 4.69) is 15.0 Å². The molecule has 0 aromatic carbocycles. The Hall–Kier alpha value is -0.950. The van der Waals surface area contributed by atoms with Gasteiger partial charge in [-0.05, 0) is 32.4 Å². The summed E-state index contributed by atoms with van der Waals surface area (Å²) in [5.74, 6) is 0.277. The third-order valence-corrected chi connectivity index (χ3v) is 4.35. The van der Waals surface area contributed by atoms with Gasteiger partial charge in [0.05, 0.1) is 12.3 Å². The van der Waals surface area contributed by atoms with E-state index in [1.807, 2.05) is 4.68 Å². The van der Waals surface area contributed by atoms with Crippen molar-refractivity contribution in [1.82, 2.24) is 19.7 Å². The Morgan fingerprint density at radius 2 is 2.28 bits per heavy atom. The number of aromatic nitrogens is 3. The number of sulfone groups is 1. The van der Waals surface area contributed by atoms with Gasteiger partial charge in [0.2, 0.25) is 0 Å². The fourth-order valence-corrected chi connectivity index (χ4v) is 3.12. The normalized spacial score (nSPS) is 21.5. The Bertz CT molecular complexity index is 457. The molecule has 1 aliphatic heterocycles. The second kappa shape index (κ2) is 5.79. The lowest BCUT2D eigenvalue weighted by atomic mass is 10.2. The monoisotopic (exact) mass is 272 g/mol. The van der Waals surface area contributed by atoms with Crippen LogP contribution >= 0.6 is 0 Å². The highest BCUT2D eigenvalue weighted by molar-refractivity contribution is 7.90. The predicted molar refractivity (Wildman–Crippen MR) is 68.9 cm³/mol. The average Bonchev–Trinajstić information content (AvgIpc) is 2.90. The quantitative estimate of drug-likeness (QED) is 0.739. The second-order valence-electron chi connectivity index (χ2n) is 4.93. The van der Waals surface area contributed by atoms with E-state index >= 15 is 0 Å². The molecule has 6 nitrogen and oxygen atoms in total. The highest BCUT2D eigenvalue weighted by atomic mass is 32.2. The van der Waals surface area contributed by atoms with Crippen molar-refractivity contribution < 1.29 is 8.42 Å². The van der Waals surface area contributed by atoms with Crippen molar-refractivity contribution in [3.05, 3.63) is 12.7 Å². The van der Waals surface area contributed by atoms with E-state index in [-0.39, 0.29) is 5.75 Å². The number of likely N-dealkylation sites (tertiary alicyclic amines) is 1. The first kappa shape index (κ1) is 13.5. The van der Waals surface area contributed by atoms with E-state index in [1.165, 1.54) is 12.7 Å². The zero-order valence-electron chi connectivity index (χ0n) is 10.7. The van der Waals surface area contributed by atoms with Crippen LogP contribution < -0.4 is 0 Å². The van der Waals surface area contributed by atoms with Crippen LogP contribution in [0.5, 0.6) is 0 Å². The van der Waals surface area contributed by atoms with Gasteiger partial charge in [0.1, 0.15) is 22.5 Å². The van der Waals surface area contributed by atoms with Crippen LogP contribution in [0.25, 0.3) is 0 Å². The molecule has 1 atom stereocenters. The van der Waals surface area contributed by atoms with Gasteiger partial charge >= 0.3 is 0 Å². The Kier molecular flexibility index (Phi) is 4.34. The molecule has 18 heavy (non-hydrogen) atoms. The summed E-state index contributed by atoms with van der Waals surface area (Å²) in [6, 6.07) is 0.464. The van der Waals surface area contributed by atoms with E-state index in [4.69, 9.17) is 0 Å². The molecule has 0 saturated carbocycles. The summed E-state index contributed by atoms with van der Waals surface area (Å²) in [6.07, 6.45) is 7.61. The number of nitrogens with zero attached hydrogens (tertiary/aromatic N) is 4. The van der Waals surface area contributed by atoms with E-state index in [0.29, 0.717) is 12.5 Å². The summed E-state index contributed by atoms with van der Waals surface area (Å²) >= 11 is 0. The van der Waals surface area contributed by atoms with Gasteiger partial charge in [-0.3, -0.25) is 9.58 Å². The van der Waals surface area contributed by atoms with E-state index in [1.54, 1.807) is 12.7 Å². The van der Waals surface area contributed by atoms with Crippen LogP contribution in [-0.4, -0.2) is 59.2 Å². The molecule has 0 bridgehead atoms. The van der Waals surface area contributed by atoms with Crippen LogP contribution in [0.2, 0.25) is 0 Å². The molecule has 1 aromatic rings. The minimum absolute atomic E-state index is 0.277. The summed E-state index contributed by atoms with van der Waals surface area (Å²) < 4.78 is 24.1. The van der Waals surface area contributed by atoms with Crippen LogP contribution in [0.1, 0.15) is 19.3 Å². The van der Waals surface area contributed by atoms with Crippen LogP contribution in [0.4, 0.5) is 0 Å². The van der Waals surface area contributed by atoms with Crippen molar-refractivity contribution in [1.29, 1.82) is 0 Å². The maximum atomic E-state index is 11.1. The van der Waals surface area contributed by atoms with Crippen LogP contribution in [-0.2, 0) is 16.4 Å². The molecule has 0 unspecified atom stereocenters. The number of rotatable bonds is 6. The molecule has 0 radical (unpaired) electrons. The molecule has 1 fully saturated rings. The van der Waals surface area contributed by atoms with Crippen molar-refractivity contribution in [2.24, 2.45) is 0 Å². The first-order chi connectivity index (χ1) is 8.54. The number of hydrogen-bond acceptors (Lipinski definition) is 5. The number of hydrogen-bond donors (Lipinski definition) is 0. The molecule has 0 amide bonds. The third-order valence-electron chi connectivity index (χ3n) is 3.32. The van der Waals surface area contributed by atoms with Crippen molar-refractivity contribution in [2.45, 2.75) is 31.8 Å². The fraction of sp³-hybridized carbons (Fsp3) is 0.818. The summed E-state index contributed by atoms with van der Waals surface area (Å²) in [4.78, 5) is 6.31. The molecular weight excluding hydrogens is 252 g/mol. The first-order valence-electron chi connectivity index (χ1n) is 6.29. The molecule has 0 N–H and O–H groups in total. The first-order valence-corrected chi connectivity index (χ1v) is 8.35. The molecule has 102 valence electrons. The topological polar surface area (TPSA) is 68.1 Å². The third kappa shape index (κ3) is 4.06. The van der Waals surface area contributed by atoms with Crippen LogP contribution in [0.15, 0.2) is 12.7 Å². The maximum Gasteiger partial charge on any atom is 0.147 e. The van der Waals surface area contributed by atoms with Crippen molar-refractivity contribution >= 4 is 9.84 Å². The highest BCUT2D eigenvalue weighted by Gasteiger charge is 2.24. The minimum Gasteiger partial charge on any atom is -0.299 e. The fourth-order valence-electron chi connectivity index (χ4n) is 2.47. The molecule has 2 heterocycles. The molecule has 7 heteroatoms. The molecule has 0 aliphatic carbocycles. The summed E-state index contributed by atoms with van der Waals surface area (Å²) in [5.41, 5.74) is 0. The Labute approximate surface area is 108 Å². The second-order valence-corrected chi connectivity index (χ2v) is 7.19. The minimum atomic E-state index is -2.84. The van der Waals surface area contributed by atoms with Gasteiger partial charge in [-0.25, -0.2) is 13.4 Å². The molecular formula is C11H20N4O2S. The highest BCUT2D eigenvalue weighted by Crippen LogP contribution is 2.18. The predicted octanol–water partition coefficient (Wildman–Crippen LogP) is 0.177. The zero-order valence-corrected chi connectivity index (χ0v) is 11.5. The Morgan fingerprint density at radius 1 is 1.44 bits per heavy atom. The van der Waals surface area contributed by atoms with Crippen molar-refractivity contribution in [2.75, 3.05) is 25.1 Å². The van der Waals surface area contributed by atoms with Crippen LogP contribution in [0, 0.1) is 0 Å². The summed E-state index contributed by atoms with van der Waals surface area (Å²) in [7, 11) is -2.84. The maximum absolute atomic E-state index is 11.1. The van der Waals surface area contributed by atoms with Gasteiger partial charge < -0.3 is 0 Å². The van der Waals surface area contributed by atoms with Crippen molar-refractivity contribution in [3.63, 3.8) is 0 Å². The lowest BCUT2D eigenvalue weighted by Crippen LogP contribution is -2.34. The average molecular weight is 272 g/mol. The van der Waals surface area contributed by atoms with Gasteiger partial charge in [0, 0.05) is 12.3 Å². The molecule has 0 spiro atoms. The van der Waals surface area contributed by atoms with Gasteiger partial charge in [0.15, 0.2) is 0 Å². The van der Waals surface area contributed by atoms with Gasteiger partial charge in [0.25, 0.3) is 0 Å². The van der Waals surface area contributed by atoms with Gasteiger partial charge in [-0.2, -0.15) is 5.10 Å². The van der Waals surface area contributed by atoms with Gasteiger partial charge in [-0.15, -0.1) is 0 Å². The lowest BCUT2D eigenvalue weighted by molar-refractivity contribution is 0.228. The molecule has 1 saturated heterocycles. The summed E-state index contributed by atoms with van der Waals surface area (Å²) in [6.45, 7) is 2.76. The standard InChI is InChI=1S/C11H20N4O2S/c1-18(16,17)7-3-6-14-5-2-4-11(14)8-15-10-12-9-13-15/h9-11H,2-8H2,1H3/t11-/m1/s1. The van der Waals surface area contributed by atoms with E-state index in [9.17, 15) is 8.42 Å². The SMILES string of the molecule is CS(=O)(=O)CCCN1CCC[C@@H]1Cn1cncn1. The van der Waals surface area contributed by atoms with Crippen LogP contribution in [0.3, 0.4) is 0 Å². The van der Waals surface area contributed by atoms with E-state index in [0.717, 1.165) is 26.1 Å². The molecule has 1 aromatic heterocycles. The smallest absolute Gasteiger partial charge is 0.147 e. The zero-order chi connectivity index (χ0) is 13.0. The summed E-state index contributed by atoms with van der Waals surface area (Å²) in [5, 5.41) is 4.12. The Morgan fingerprint density at radius 3 is 2.94 bits per heavy atom. The van der Waals surface area contributed by atoms with Crippen molar-refractivity contribution in [3.8, 4) is 0 Å². The Balaban J connectivity index is 1.80. The lowest BCUT2D eigenvalue weighted by Gasteiger charge is -2.23. The van der Waals surface area contributed by atoms with E-state index < -0.39 is 9.84 Å². The largest absolute Gasteiger partial charge is 0.299 e. The molecule has 1 aliphatic rings. The van der Waals surface area contributed by atoms with Gasteiger partial charge in [-0.1, -0.05) is 0 Å².